The first-order valence-electron chi connectivity index (χ1n) is 12.7. The van der Waals surface area contributed by atoms with E-state index in [0.29, 0.717) is 11.5 Å². The minimum atomic E-state index is 0. The summed E-state index contributed by atoms with van der Waals surface area (Å²) in [6.45, 7) is 1.94. The topological polar surface area (TPSA) is 43.9 Å². The molecule has 9 aromatic rings. The molecule has 0 unspecified atom stereocenters. The van der Waals surface area contributed by atoms with E-state index in [0.717, 1.165) is 27.7 Å². The molecule has 9 rings (SSSR count). The van der Waals surface area contributed by atoms with Crippen LogP contribution in [-0.2, 0) is 0 Å². The molecule has 0 N–H and O–H groups in total. The van der Waals surface area contributed by atoms with Crippen molar-refractivity contribution in [3.8, 4) is 5.82 Å². The van der Waals surface area contributed by atoms with Gasteiger partial charge in [-0.3, -0.25) is 4.57 Å². The van der Waals surface area contributed by atoms with E-state index >= 15 is 0 Å². The predicted octanol–water partition coefficient (Wildman–Crippen LogP) is 9.42. The molecule has 0 fully saturated rings. The Morgan fingerprint density at radius 2 is 1.31 bits per heavy atom. The molecule has 0 aliphatic heterocycles. The lowest BCUT2D eigenvalue weighted by Gasteiger charge is -2.11. The van der Waals surface area contributed by atoms with Gasteiger partial charge in [0.1, 0.15) is 11.4 Å². The van der Waals surface area contributed by atoms with Crippen molar-refractivity contribution >= 4 is 99.7 Å². The van der Waals surface area contributed by atoms with Crippen molar-refractivity contribution in [3.63, 3.8) is 0 Å². The van der Waals surface area contributed by atoms with Crippen molar-refractivity contribution < 1.29 is 4.42 Å². The highest BCUT2D eigenvalue weighted by molar-refractivity contribution is 7.59. The number of fused-ring (bicyclic) bond motifs is 13. The molecule has 0 amide bonds. The van der Waals surface area contributed by atoms with Gasteiger partial charge in [-0.25, -0.2) is 4.98 Å². The number of rotatable bonds is 1. The molecule has 0 atom stereocenters. The van der Waals surface area contributed by atoms with Gasteiger partial charge >= 0.3 is 0 Å². The monoisotopic (exact) mass is 539 g/mol. The van der Waals surface area contributed by atoms with Gasteiger partial charge in [0.05, 0.1) is 16.4 Å². The zero-order chi connectivity index (χ0) is 25.0. The van der Waals surface area contributed by atoms with Gasteiger partial charge in [0.25, 0.3) is 0 Å². The number of hydrogen-bond donors (Lipinski definition) is 0. The van der Waals surface area contributed by atoms with E-state index < -0.39 is 0 Å². The molecule has 0 spiro atoms. The molecule has 5 aromatic carbocycles. The third-order valence-electron chi connectivity index (χ3n) is 7.69. The summed E-state index contributed by atoms with van der Waals surface area (Å²) in [5, 5.41) is 9.52. The first kappa shape index (κ1) is 22.6. The normalized spacial score (nSPS) is 12.0. The molecule has 186 valence electrons. The maximum Gasteiger partial charge on any atom is 0.232 e. The lowest BCUT2D eigenvalue weighted by Crippen LogP contribution is -2.02. The van der Waals surface area contributed by atoms with Crippen molar-refractivity contribution in [2.24, 2.45) is 0 Å². The molecule has 0 bridgehead atoms. The van der Waals surface area contributed by atoms with Crippen LogP contribution in [0.1, 0.15) is 5.82 Å². The van der Waals surface area contributed by atoms with E-state index in [1.54, 1.807) is 0 Å². The van der Waals surface area contributed by atoms with Gasteiger partial charge in [-0.2, -0.15) is 18.5 Å². The Bertz CT molecular complexity index is 2430. The highest BCUT2D eigenvalue weighted by Gasteiger charge is 2.25. The first-order chi connectivity index (χ1) is 18.8. The summed E-state index contributed by atoms with van der Waals surface area (Å²) in [5.74, 6) is 1.54. The van der Waals surface area contributed by atoms with Crippen molar-refractivity contribution in [1.82, 2.24) is 14.5 Å². The van der Waals surface area contributed by atoms with Crippen LogP contribution in [0.25, 0.3) is 80.6 Å². The molecular weight excluding hydrogens is 519 g/mol. The number of benzene rings is 5. The summed E-state index contributed by atoms with van der Waals surface area (Å²) >= 11 is 1.87. The molecule has 6 heteroatoms. The summed E-state index contributed by atoms with van der Waals surface area (Å²) in [5.41, 5.74) is 3.75. The lowest BCUT2D eigenvalue weighted by molar-refractivity contribution is 0.650. The third-order valence-corrected chi connectivity index (χ3v) is 8.90. The molecule has 0 saturated heterocycles. The van der Waals surface area contributed by atoms with E-state index in [-0.39, 0.29) is 13.5 Å². The molecule has 0 radical (unpaired) electrons. The molecular formula is C33H21N3OS2. The van der Waals surface area contributed by atoms with Crippen LogP contribution in [0.3, 0.4) is 0 Å². The summed E-state index contributed by atoms with van der Waals surface area (Å²) in [4.78, 5) is 9.82. The van der Waals surface area contributed by atoms with Crippen molar-refractivity contribution in [1.29, 1.82) is 0 Å². The van der Waals surface area contributed by atoms with Gasteiger partial charge in [0.15, 0.2) is 5.82 Å². The standard InChI is InChI=1S/C33H19N3OS.H2S/c1-18-34-32(29-22-13-5-8-16-25(22)37-33(29)35-18)36-24-15-7-4-12-21(24)27-19-10-2-3-11-20(19)31-28(30(27)36)23-14-6-9-17-26(23)38-31;/h2-17H,1H3;1H2. The molecule has 39 heavy (non-hydrogen) atoms. The Balaban J connectivity index is 0.00000235. The fraction of sp³-hybridized carbons (Fsp3) is 0.0303. The highest BCUT2D eigenvalue weighted by atomic mass is 32.1. The summed E-state index contributed by atoms with van der Waals surface area (Å²) in [6.07, 6.45) is 0. The van der Waals surface area contributed by atoms with Crippen LogP contribution in [0.5, 0.6) is 0 Å². The van der Waals surface area contributed by atoms with Crippen LogP contribution >= 0.6 is 24.8 Å². The second-order valence-electron chi connectivity index (χ2n) is 9.80. The van der Waals surface area contributed by atoms with Gasteiger partial charge in [-0.05, 0) is 30.5 Å². The molecule has 4 nitrogen and oxygen atoms in total. The molecule has 0 aliphatic rings. The predicted molar refractivity (Wildman–Crippen MR) is 169 cm³/mol. The van der Waals surface area contributed by atoms with Crippen LogP contribution in [-0.4, -0.2) is 14.5 Å². The number of para-hydroxylation sites is 2. The van der Waals surface area contributed by atoms with Gasteiger partial charge in [-0.1, -0.05) is 78.9 Å². The van der Waals surface area contributed by atoms with Gasteiger partial charge in [0, 0.05) is 41.7 Å². The number of furan rings is 1. The fourth-order valence-electron chi connectivity index (χ4n) is 6.21. The average Bonchev–Trinajstić information content (AvgIpc) is 3.62. The Hall–Kier alpha value is -4.39. The van der Waals surface area contributed by atoms with E-state index in [1.165, 1.54) is 47.2 Å². The first-order valence-corrected chi connectivity index (χ1v) is 13.5. The maximum atomic E-state index is 6.25. The Kier molecular flexibility index (Phi) is 4.66. The zero-order valence-corrected chi connectivity index (χ0v) is 22.7. The van der Waals surface area contributed by atoms with E-state index in [1.807, 2.05) is 36.5 Å². The Morgan fingerprint density at radius 1 is 0.641 bits per heavy atom. The highest BCUT2D eigenvalue weighted by Crippen LogP contribution is 2.48. The minimum absolute atomic E-state index is 0. The van der Waals surface area contributed by atoms with Crippen LogP contribution in [0, 0.1) is 6.92 Å². The summed E-state index contributed by atoms with van der Waals surface area (Å²) < 4.78 is 11.2. The van der Waals surface area contributed by atoms with Gasteiger partial charge in [-0.15, -0.1) is 11.3 Å². The van der Waals surface area contributed by atoms with Crippen LogP contribution in [0.15, 0.2) is 101 Å². The van der Waals surface area contributed by atoms with Gasteiger partial charge < -0.3 is 4.42 Å². The van der Waals surface area contributed by atoms with Crippen molar-refractivity contribution in [2.75, 3.05) is 0 Å². The number of nitrogens with zero attached hydrogens (tertiary/aromatic N) is 3. The van der Waals surface area contributed by atoms with E-state index in [2.05, 4.69) is 83.4 Å². The Morgan fingerprint density at radius 3 is 2.15 bits per heavy atom. The molecule has 0 aliphatic carbocycles. The number of aryl methyl sites for hydroxylation is 1. The zero-order valence-electron chi connectivity index (χ0n) is 20.9. The largest absolute Gasteiger partial charge is 0.437 e. The SMILES string of the molecule is Cc1nc(-n2c3ccccc3c3c4ccccc4c4sc5ccccc5c4c32)c2c(n1)oc1ccccc12.S. The summed E-state index contributed by atoms with van der Waals surface area (Å²) in [7, 11) is 0. The van der Waals surface area contributed by atoms with E-state index in [9.17, 15) is 0 Å². The number of hydrogen-bond acceptors (Lipinski definition) is 4. The van der Waals surface area contributed by atoms with Gasteiger partial charge in [0.2, 0.25) is 5.71 Å². The second kappa shape index (κ2) is 8.06. The second-order valence-corrected chi connectivity index (χ2v) is 10.8. The van der Waals surface area contributed by atoms with Crippen LogP contribution in [0.4, 0.5) is 0 Å². The smallest absolute Gasteiger partial charge is 0.232 e. The van der Waals surface area contributed by atoms with Crippen LogP contribution in [0.2, 0.25) is 0 Å². The maximum absolute atomic E-state index is 6.25. The Labute approximate surface area is 233 Å². The quantitative estimate of drug-likeness (QED) is 0.209. The van der Waals surface area contributed by atoms with Crippen molar-refractivity contribution in [2.45, 2.75) is 6.92 Å². The van der Waals surface area contributed by atoms with Crippen molar-refractivity contribution in [3.05, 3.63) is 103 Å². The molecule has 4 aromatic heterocycles. The molecule has 0 saturated carbocycles. The van der Waals surface area contributed by atoms with E-state index in [4.69, 9.17) is 14.4 Å². The summed E-state index contributed by atoms with van der Waals surface area (Å²) in [6, 6.07) is 34.4. The fourth-order valence-corrected chi connectivity index (χ4v) is 7.45. The van der Waals surface area contributed by atoms with Crippen LogP contribution < -0.4 is 0 Å². The lowest BCUT2D eigenvalue weighted by atomic mass is 10.00. The third kappa shape index (κ3) is 2.90. The number of thiophene rings is 1. The molecule has 4 heterocycles. The minimum Gasteiger partial charge on any atom is -0.437 e. The number of aromatic nitrogens is 3. The average molecular weight is 540 g/mol.